The van der Waals surface area contributed by atoms with E-state index in [9.17, 15) is 4.79 Å². The standard InChI is InChI=1S/C25H51NO2/c1-2-3-4-5-6-7-8-9-10-11-12-13-14-15-16-17-18-19-20-21-22-23-24-25(27)28-26/h2-24,26H2,1H3. The van der Waals surface area contributed by atoms with Gasteiger partial charge in [0.15, 0.2) is 0 Å². The van der Waals surface area contributed by atoms with Gasteiger partial charge in [-0.25, -0.2) is 0 Å². The van der Waals surface area contributed by atoms with Crippen LogP contribution >= 0.6 is 0 Å². The molecule has 0 unspecified atom stereocenters. The fourth-order valence-electron chi connectivity index (χ4n) is 3.94. The lowest BCUT2D eigenvalue weighted by atomic mass is 10.0. The van der Waals surface area contributed by atoms with Crippen LogP contribution in [0.2, 0.25) is 0 Å². The molecule has 0 aliphatic heterocycles. The molecule has 0 heterocycles. The van der Waals surface area contributed by atoms with Crippen molar-refractivity contribution in [3.05, 3.63) is 0 Å². The second-order valence-electron chi connectivity index (χ2n) is 8.66. The summed E-state index contributed by atoms with van der Waals surface area (Å²) in [5.41, 5.74) is 0. The van der Waals surface area contributed by atoms with Crippen LogP contribution in [0.25, 0.3) is 0 Å². The minimum Gasteiger partial charge on any atom is -0.373 e. The number of hydrogen-bond acceptors (Lipinski definition) is 3. The van der Waals surface area contributed by atoms with Crippen molar-refractivity contribution in [1.29, 1.82) is 0 Å². The number of hydrogen-bond donors (Lipinski definition) is 1. The van der Waals surface area contributed by atoms with Crippen molar-refractivity contribution in [2.75, 3.05) is 0 Å². The van der Waals surface area contributed by atoms with E-state index in [-0.39, 0.29) is 5.97 Å². The van der Waals surface area contributed by atoms with E-state index in [1.54, 1.807) is 0 Å². The van der Waals surface area contributed by atoms with Gasteiger partial charge in [0, 0.05) is 6.42 Å². The van der Waals surface area contributed by atoms with Crippen LogP contribution in [-0.4, -0.2) is 5.97 Å². The van der Waals surface area contributed by atoms with Crippen molar-refractivity contribution < 1.29 is 9.63 Å². The summed E-state index contributed by atoms with van der Waals surface area (Å²) in [5, 5.41) is 0. The van der Waals surface area contributed by atoms with E-state index >= 15 is 0 Å². The first-order valence-electron chi connectivity index (χ1n) is 12.7. The van der Waals surface area contributed by atoms with Crippen molar-refractivity contribution in [3.63, 3.8) is 0 Å². The topological polar surface area (TPSA) is 52.3 Å². The highest BCUT2D eigenvalue weighted by molar-refractivity contribution is 5.68. The second kappa shape index (κ2) is 24.5. The highest BCUT2D eigenvalue weighted by Gasteiger charge is 2.00. The van der Waals surface area contributed by atoms with E-state index in [2.05, 4.69) is 11.8 Å². The minimum atomic E-state index is -0.284. The van der Waals surface area contributed by atoms with Crippen LogP contribution in [0.15, 0.2) is 0 Å². The van der Waals surface area contributed by atoms with E-state index in [1.807, 2.05) is 0 Å². The third-order valence-electron chi connectivity index (χ3n) is 5.87. The molecule has 0 aromatic rings. The summed E-state index contributed by atoms with van der Waals surface area (Å²) < 4.78 is 0. The molecule has 168 valence electrons. The molecule has 0 saturated carbocycles. The zero-order chi connectivity index (χ0) is 20.5. The van der Waals surface area contributed by atoms with Gasteiger partial charge in [0.2, 0.25) is 0 Å². The molecule has 0 rings (SSSR count). The molecule has 0 amide bonds. The monoisotopic (exact) mass is 397 g/mol. The van der Waals surface area contributed by atoms with Crippen molar-refractivity contribution in [2.24, 2.45) is 5.90 Å². The van der Waals surface area contributed by atoms with Gasteiger partial charge in [-0.1, -0.05) is 142 Å². The molecule has 0 aliphatic rings. The van der Waals surface area contributed by atoms with E-state index < -0.39 is 0 Å². The lowest BCUT2D eigenvalue weighted by Crippen LogP contribution is -2.08. The Morgan fingerprint density at radius 1 is 0.500 bits per heavy atom. The van der Waals surface area contributed by atoms with Crippen LogP contribution < -0.4 is 5.90 Å². The van der Waals surface area contributed by atoms with Crippen LogP contribution in [0.5, 0.6) is 0 Å². The largest absolute Gasteiger partial charge is 0.373 e. The summed E-state index contributed by atoms with van der Waals surface area (Å²) in [4.78, 5) is 15.0. The van der Waals surface area contributed by atoms with Gasteiger partial charge < -0.3 is 4.84 Å². The first-order valence-corrected chi connectivity index (χ1v) is 12.7. The maximum Gasteiger partial charge on any atom is 0.324 e. The zero-order valence-corrected chi connectivity index (χ0v) is 19.2. The van der Waals surface area contributed by atoms with Gasteiger partial charge in [0.05, 0.1) is 0 Å². The molecule has 3 nitrogen and oxygen atoms in total. The summed E-state index contributed by atoms with van der Waals surface area (Å²) in [5.74, 6) is 4.53. The molecular weight excluding hydrogens is 346 g/mol. The van der Waals surface area contributed by atoms with E-state index in [4.69, 9.17) is 5.90 Å². The summed E-state index contributed by atoms with van der Waals surface area (Å²) in [6.45, 7) is 2.29. The Bertz CT molecular complexity index is 307. The lowest BCUT2D eigenvalue weighted by molar-refractivity contribution is -0.144. The van der Waals surface area contributed by atoms with Crippen LogP contribution in [0.1, 0.15) is 155 Å². The summed E-state index contributed by atoms with van der Waals surface area (Å²) in [6.07, 6.45) is 30.8. The Labute approximate surface area is 176 Å². The molecule has 2 N–H and O–H groups in total. The quantitative estimate of drug-likeness (QED) is 0.139. The normalized spacial score (nSPS) is 11.1. The van der Waals surface area contributed by atoms with E-state index in [1.165, 1.54) is 128 Å². The van der Waals surface area contributed by atoms with E-state index in [0.717, 1.165) is 12.8 Å². The van der Waals surface area contributed by atoms with Gasteiger partial charge in [0.25, 0.3) is 0 Å². The Balaban J connectivity index is 3.00. The summed E-state index contributed by atoms with van der Waals surface area (Å²) >= 11 is 0. The SMILES string of the molecule is CCCCCCCCCCCCCCCCCCCCCCCCC(=O)ON. The maximum absolute atomic E-state index is 10.9. The van der Waals surface area contributed by atoms with Crippen molar-refractivity contribution in [3.8, 4) is 0 Å². The van der Waals surface area contributed by atoms with Gasteiger partial charge in [-0.3, -0.25) is 4.79 Å². The molecule has 0 spiro atoms. The Morgan fingerprint density at radius 3 is 1.00 bits per heavy atom. The molecule has 0 atom stereocenters. The average molecular weight is 398 g/mol. The molecule has 0 bridgehead atoms. The molecule has 0 fully saturated rings. The number of carbonyl (C=O) groups is 1. The average Bonchev–Trinajstić information content (AvgIpc) is 2.71. The van der Waals surface area contributed by atoms with Crippen molar-refractivity contribution in [2.45, 2.75) is 155 Å². The first kappa shape index (κ1) is 27.4. The molecule has 28 heavy (non-hydrogen) atoms. The predicted molar refractivity (Wildman–Crippen MR) is 122 cm³/mol. The van der Waals surface area contributed by atoms with Gasteiger partial charge in [-0.2, -0.15) is 5.90 Å². The van der Waals surface area contributed by atoms with Crippen molar-refractivity contribution >= 4 is 5.97 Å². The first-order chi connectivity index (χ1) is 13.8. The second-order valence-corrected chi connectivity index (χ2v) is 8.66. The Hall–Kier alpha value is -0.570. The molecule has 3 heteroatoms. The lowest BCUT2D eigenvalue weighted by Gasteiger charge is -2.04. The molecule has 0 saturated heterocycles. The number of rotatable bonds is 23. The number of nitrogens with two attached hydrogens (primary N) is 1. The van der Waals surface area contributed by atoms with Gasteiger partial charge in [0.1, 0.15) is 0 Å². The smallest absolute Gasteiger partial charge is 0.324 e. The fraction of sp³-hybridized carbons (Fsp3) is 0.960. The fourth-order valence-corrected chi connectivity index (χ4v) is 3.94. The number of carbonyl (C=O) groups excluding carboxylic acids is 1. The molecule has 0 aromatic carbocycles. The van der Waals surface area contributed by atoms with Crippen LogP contribution in [-0.2, 0) is 9.63 Å². The molecule has 0 radical (unpaired) electrons. The third-order valence-corrected chi connectivity index (χ3v) is 5.87. The predicted octanol–water partition coefficient (Wildman–Crippen LogP) is 8.40. The van der Waals surface area contributed by atoms with Crippen molar-refractivity contribution in [1.82, 2.24) is 0 Å². The van der Waals surface area contributed by atoms with Gasteiger partial charge in [-0.05, 0) is 6.42 Å². The van der Waals surface area contributed by atoms with Gasteiger partial charge in [-0.15, -0.1) is 0 Å². The molecule has 0 aromatic heterocycles. The highest BCUT2D eigenvalue weighted by atomic mass is 16.7. The summed E-state index contributed by atoms with van der Waals surface area (Å²) in [6, 6.07) is 0. The summed E-state index contributed by atoms with van der Waals surface area (Å²) in [7, 11) is 0. The maximum atomic E-state index is 10.9. The van der Waals surface area contributed by atoms with Crippen LogP contribution in [0.3, 0.4) is 0 Å². The molecule has 0 aliphatic carbocycles. The Kier molecular flexibility index (Phi) is 24.0. The van der Waals surface area contributed by atoms with E-state index in [0.29, 0.717) is 6.42 Å². The zero-order valence-electron chi connectivity index (χ0n) is 19.2. The van der Waals surface area contributed by atoms with Gasteiger partial charge >= 0.3 is 5.97 Å². The van der Waals surface area contributed by atoms with Crippen LogP contribution in [0.4, 0.5) is 0 Å². The number of unbranched alkanes of at least 4 members (excludes halogenated alkanes) is 21. The minimum absolute atomic E-state index is 0.284. The molecular formula is C25H51NO2. The van der Waals surface area contributed by atoms with Crippen LogP contribution in [0, 0.1) is 0 Å². The third kappa shape index (κ3) is 23.5. The Morgan fingerprint density at radius 2 is 0.750 bits per heavy atom. The highest BCUT2D eigenvalue weighted by Crippen LogP contribution is 2.15.